The van der Waals surface area contributed by atoms with Crippen LogP contribution in [-0.2, 0) is 4.79 Å². The summed E-state index contributed by atoms with van der Waals surface area (Å²) in [6.45, 7) is 2.00. The number of amides is 2. The number of halogens is 1. The summed E-state index contributed by atoms with van der Waals surface area (Å²) in [6, 6.07) is 6.09. The van der Waals surface area contributed by atoms with Crippen LogP contribution in [0.5, 0.6) is 0 Å². The Balaban J connectivity index is 2.38. The molecule has 0 spiro atoms. The van der Waals surface area contributed by atoms with Crippen LogP contribution < -0.4 is 10.6 Å². The first-order valence-electron chi connectivity index (χ1n) is 6.41. The number of nitrogens with one attached hydrogen (secondary N) is 2. The molecular formula is C14H16ClN3O3. The predicted octanol–water partition coefficient (Wildman–Crippen LogP) is 2.83. The molecule has 112 valence electrons. The highest BCUT2D eigenvalue weighted by molar-refractivity contribution is 6.33. The van der Waals surface area contributed by atoms with Gasteiger partial charge in [0, 0.05) is 6.54 Å². The van der Waals surface area contributed by atoms with Crippen molar-refractivity contribution in [2.75, 3.05) is 11.9 Å². The van der Waals surface area contributed by atoms with Crippen molar-refractivity contribution < 1.29 is 14.7 Å². The second-order valence-electron chi connectivity index (χ2n) is 4.57. The van der Waals surface area contributed by atoms with Gasteiger partial charge in [-0.05, 0) is 31.0 Å². The van der Waals surface area contributed by atoms with E-state index in [0.717, 1.165) is 0 Å². The molecule has 0 aliphatic carbocycles. The number of carbonyl (C=O) groups is 2. The Kier molecular flexibility index (Phi) is 6.50. The van der Waals surface area contributed by atoms with Crippen LogP contribution in [0.4, 0.5) is 10.5 Å². The zero-order valence-corrected chi connectivity index (χ0v) is 12.3. The highest BCUT2D eigenvalue weighted by Gasteiger charge is 2.10. The van der Waals surface area contributed by atoms with Crippen molar-refractivity contribution in [1.82, 2.24) is 5.32 Å². The van der Waals surface area contributed by atoms with E-state index in [-0.39, 0.29) is 5.02 Å². The maximum atomic E-state index is 11.6. The van der Waals surface area contributed by atoms with Crippen LogP contribution in [0.15, 0.2) is 18.2 Å². The number of hydrogen-bond donors (Lipinski definition) is 3. The number of hydrogen-bond acceptors (Lipinski definition) is 3. The van der Waals surface area contributed by atoms with Gasteiger partial charge in [-0.25, -0.2) is 4.79 Å². The molecule has 0 fully saturated rings. The summed E-state index contributed by atoms with van der Waals surface area (Å²) in [7, 11) is 0. The van der Waals surface area contributed by atoms with E-state index in [2.05, 4.69) is 10.6 Å². The van der Waals surface area contributed by atoms with Crippen LogP contribution in [0, 0.1) is 17.2 Å². The van der Waals surface area contributed by atoms with Crippen molar-refractivity contribution >= 4 is 29.3 Å². The maximum absolute atomic E-state index is 11.6. The second kappa shape index (κ2) is 8.12. The largest absolute Gasteiger partial charge is 0.481 e. The molecular weight excluding hydrogens is 294 g/mol. The van der Waals surface area contributed by atoms with Gasteiger partial charge in [0.15, 0.2) is 0 Å². The summed E-state index contributed by atoms with van der Waals surface area (Å²) in [5.74, 6) is -1.27. The first kappa shape index (κ1) is 16.8. The van der Waals surface area contributed by atoms with Gasteiger partial charge in [-0.3, -0.25) is 4.79 Å². The van der Waals surface area contributed by atoms with Gasteiger partial charge >= 0.3 is 12.0 Å². The monoisotopic (exact) mass is 309 g/mol. The fourth-order valence-electron chi connectivity index (χ4n) is 1.59. The lowest BCUT2D eigenvalue weighted by atomic mass is 10.1. The Labute approximate surface area is 127 Å². The third-order valence-corrected chi connectivity index (χ3v) is 3.18. The first-order valence-corrected chi connectivity index (χ1v) is 6.79. The van der Waals surface area contributed by atoms with E-state index < -0.39 is 17.9 Å². The van der Waals surface area contributed by atoms with Gasteiger partial charge in [0.1, 0.15) is 0 Å². The Morgan fingerprint density at radius 2 is 2.19 bits per heavy atom. The van der Waals surface area contributed by atoms with E-state index in [1.807, 2.05) is 6.07 Å². The van der Waals surface area contributed by atoms with Crippen LogP contribution in [0.25, 0.3) is 0 Å². The molecule has 1 aromatic rings. The molecule has 3 N–H and O–H groups in total. The summed E-state index contributed by atoms with van der Waals surface area (Å²) in [6.07, 6.45) is 1.06. The number of carboxylic acids is 1. The predicted molar refractivity (Wildman–Crippen MR) is 79.2 cm³/mol. The number of carboxylic acid groups (broad SMARTS) is 1. The van der Waals surface area contributed by atoms with Crippen molar-refractivity contribution in [3.63, 3.8) is 0 Å². The third-order valence-electron chi connectivity index (χ3n) is 2.87. The van der Waals surface area contributed by atoms with Crippen molar-refractivity contribution in [3.8, 4) is 6.07 Å². The smallest absolute Gasteiger partial charge is 0.319 e. The minimum absolute atomic E-state index is 0.281. The highest BCUT2D eigenvalue weighted by Crippen LogP contribution is 2.22. The molecule has 1 rings (SSSR count). The molecule has 2 amide bonds. The molecule has 0 saturated heterocycles. The lowest BCUT2D eigenvalue weighted by Gasteiger charge is -2.10. The van der Waals surface area contributed by atoms with E-state index in [0.29, 0.717) is 30.6 Å². The normalized spacial score (nSPS) is 11.3. The lowest BCUT2D eigenvalue weighted by Crippen LogP contribution is -2.30. The molecule has 0 radical (unpaired) electrons. The highest BCUT2D eigenvalue weighted by atomic mass is 35.5. The Hall–Kier alpha value is -2.26. The summed E-state index contributed by atoms with van der Waals surface area (Å²) in [4.78, 5) is 22.3. The zero-order valence-electron chi connectivity index (χ0n) is 11.5. The summed E-state index contributed by atoms with van der Waals surface area (Å²) < 4.78 is 0. The van der Waals surface area contributed by atoms with Gasteiger partial charge in [0.2, 0.25) is 0 Å². The van der Waals surface area contributed by atoms with Gasteiger partial charge < -0.3 is 15.7 Å². The number of aliphatic carboxylic acids is 1. The summed E-state index contributed by atoms with van der Waals surface area (Å²) in [5, 5.41) is 22.9. The van der Waals surface area contributed by atoms with Crippen LogP contribution in [-0.4, -0.2) is 23.7 Å². The van der Waals surface area contributed by atoms with Crippen molar-refractivity contribution in [1.29, 1.82) is 5.26 Å². The number of anilines is 1. The van der Waals surface area contributed by atoms with Crippen LogP contribution in [0.3, 0.4) is 0 Å². The summed E-state index contributed by atoms with van der Waals surface area (Å²) >= 11 is 5.93. The number of benzene rings is 1. The molecule has 0 aliphatic heterocycles. The molecule has 0 aliphatic rings. The van der Waals surface area contributed by atoms with Crippen LogP contribution >= 0.6 is 11.6 Å². The molecule has 6 nitrogen and oxygen atoms in total. The maximum Gasteiger partial charge on any atom is 0.319 e. The second-order valence-corrected chi connectivity index (χ2v) is 4.98. The Bertz CT molecular complexity index is 569. The van der Waals surface area contributed by atoms with Gasteiger partial charge in [0.25, 0.3) is 0 Å². The first-order chi connectivity index (χ1) is 9.93. The molecule has 0 bridgehead atoms. The average molecular weight is 310 g/mol. The minimum Gasteiger partial charge on any atom is -0.481 e. The molecule has 21 heavy (non-hydrogen) atoms. The van der Waals surface area contributed by atoms with Crippen molar-refractivity contribution in [3.05, 3.63) is 28.8 Å². The average Bonchev–Trinajstić information content (AvgIpc) is 2.45. The molecule has 1 atom stereocenters. The number of carbonyl (C=O) groups excluding carboxylic acids is 1. The molecule has 1 unspecified atom stereocenters. The quantitative estimate of drug-likeness (QED) is 0.703. The van der Waals surface area contributed by atoms with Crippen molar-refractivity contribution in [2.24, 2.45) is 5.92 Å². The molecule has 1 aromatic carbocycles. The van der Waals surface area contributed by atoms with Gasteiger partial charge in [0.05, 0.1) is 28.3 Å². The number of nitrogens with zero attached hydrogens (tertiary/aromatic N) is 1. The molecule has 0 aromatic heterocycles. The topological polar surface area (TPSA) is 102 Å². The van der Waals surface area contributed by atoms with Gasteiger partial charge in [-0.2, -0.15) is 5.26 Å². The van der Waals surface area contributed by atoms with E-state index in [9.17, 15) is 9.59 Å². The fourth-order valence-corrected chi connectivity index (χ4v) is 1.81. The SMILES string of the molecule is CC(CCCNC(=O)Nc1ccc(C#N)cc1Cl)C(=O)O. The lowest BCUT2D eigenvalue weighted by molar-refractivity contribution is -0.141. The van der Waals surface area contributed by atoms with E-state index in [1.165, 1.54) is 6.07 Å². The third kappa shape index (κ3) is 5.71. The summed E-state index contributed by atoms with van der Waals surface area (Å²) in [5.41, 5.74) is 0.820. The Morgan fingerprint density at radius 3 is 2.76 bits per heavy atom. The number of rotatable bonds is 6. The van der Waals surface area contributed by atoms with E-state index >= 15 is 0 Å². The minimum atomic E-state index is -0.844. The fraction of sp³-hybridized carbons (Fsp3) is 0.357. The van der Waals surface area contributed by atoms with Crippen molar-refractivity contribution in [2.45, 2.75) is 19.8 Å². The number of urea groups is 1. The molecule has 0 heterocycles. The molecule has 0 saturated carbocycles. The molecule has 7 heteroatoms. The standard InChI is InChI=1S/C14H16ClN3O3/c1-9(13(19)20)3-2-6-17-14(21)18-12-5-4-10(8-16)7-11(12)15/h4-5,7,9H,2-3,6H2,1H3,(H,19,20)(H2,17,18,21). The van der Waals surface area contributed by atoms with Crippen LogP contribution in [0.1, 0.15) is 25.3 Å². The van der Waals surface area contributed by atoms with Gasteiger partial charge in [-0.15, -0.1) is 0 Å². The van der Waals surface area contributed by atoms with Gasteiger partial charge in [-0.1, -0.05) is 18.5 Å². The zero-order chi connectivity index (χ0) is 15.8. The Morgan fingerprint density at radius 1 is 1.48 bits per heavy atom. The number of nitriles is 1. The van der Waals surface area contributed by atoms with E-state index in [1.54, 1.807) is 19.1 Å². The van der Waals surface area contributed by atoms with Crippen LogP contribution in [0.2, 0.25) is 5.02 Å². The van der Waals surface area contributed by atoms with E-state index in [4.69, 9.17) is 22.0 Å².